The van der Waals surface area contributed by atoms with E-state index in [0.717, 1.165) is 12.6 Å². The molecule has 0 bridgehead atoms. The normalized spacial score (nSPS) is 9.40. The molecule has 0 saturated heterocycles. The molecule has 0 unspecified atom stereocenters. The van der Waals surface area contributed by atoms with E-state index in [1.165, 1.54) is 7.11 Å². The van der Waals surface area contributed by atoms with Gasteiger partial charge in [-0.1, -0.05) is 0 Å². The van der Waals surface area contributed by atoms with E-state index in [4.69, 9.17) is 9.47 Å². The first-order valence-corrected chi connectivity index (χ1v) is 4.51. The van der Waals surface area contributed by atoms with E-state index in [9.17, 15) is 9.59 Å². The van der Waals surface area contributed by atoms with Crippen LogP contribution in [0.5, 0.6) is 11.5 Å². The topological polar surface area (TPSA) is 52.6 Å². The van der Waals surface area contributed by atoms with Crippen molar-refractivity contribution in [1.29, 1.82) is 0 Å². The molecule has 0 heterocycles. The van der Waals surface area contributed by atoms with Crippen molar-refractivity contribution in [2.75, 3.05) is 13.7 Å². The fourth-order valence-electron chi connectivity index (χ4n) is 1.10. The molecule has 0 aliphatic rings. The molecule has 1 aromatic carbocycles. The number of rotatable bonds is 6. The summed E-state index contributed by atoms with van der Waals surface area (Å²) in [4.78, 5) is 20.6. The van der Waals surface area contributed by atoms with Gasteiger partial charge in [0.05, 0.1) is 13.7 Å². The zero-order valence-electron chi connectivity index (χ0n) is 8.43. The smallest absolute Gasteiger partial charge is 0.161 e. The molecule has 1 aromatic rings. The number of carbonyl (C=O) groups excluding carboxylic acids is 2. The average molecular weight is 208 g/mol. The van der Waals surface area contributed by atoms with Crippen LogP contribution in [-0.2, 0) is 4.79 Å². The first-order chi connectivity index (χ1) is 7.31. The third-order valence-corrected chi connectivity index (χ3v) is 1.82. The van der Waals surface area contributed by atoms with Gasteiger partial charge in [0, 0.05) is 12.0 Å². The van der Waals surface area contributed by atoms with Crippen LogP contribution in [0.15, 0.2) is 18.2 Å². The van der Waals surface area contributed by atoms with Gasteiger partial charge in [-0.3, -0.25) is 4.79 Å². The van der Waals surface area contributed by atoms with Crippen molar-refractivity contribution in [3.05, 3.63) is 23.8 Å². The summed E-state index contributed by atoms with van der Waals surface area (Å²) < 4.78 is 10.3. The molecule has 0 amide bonds. The highest BCUT2D eigenvalue weighted by molar-refractivity contribution is 5.76. The summed E-state index contributed by atoms with van der Waals surface area (Å²) in [5, 5.41) is 0. The molecule has 0 fully saturated rings. The van der Waals surface area contributed by atoms with Crippen LogP contribution in [0.4, 0.5) is 0 Å². The first-order valence-electron chi connectivity index (χ1n) is 4.51. The Morgan fingerprint density at radius 3 is 2.67 bits per heavy atom. The van der Waals surface area contributed by atoms with Gasteiger partial charge in [0.25, 0.3) is 0 Å². The van der Waals surface area contributed by atoms with E-state index in [-0.39, 0.29) is 6.61 Å². The number of carbonyl (C=O) groups is 2. The number of hydrogen-bond donors (Lipinski definition) is 0. The second kappa shape index (κ2) is 5.80. The minimum atomic E-state index is 0.280. The van der Waals surface area contributed by atoms with Crippen molar-refractivity contribution in [1.82, 2.24) is 0 Å². The summed E-state index contributed by atoms with van der Waals surface area (Å²) >= 11 is 0. The van der Waals surface area contributed by atoms with E-state index < -0.39 is 0 Å². The standard InChI is InChI=1S/C11H12O4/c1-14-10-4-3-9(8-13)7-11(10)15-6-2-5-12/h3-5,7-8H,2,6H2,1H3. The summed E-state index contributed by atoms with van der Waals surface area (Å²) in [5.41, 5.74) is 0.511. The molecule has 0 aliphatic heterocycles. The van der Waals surface area contributed by atoms with Gasteiger partial charge in [-0.05, 0) is 18.2 Å². The summed E-state index contributed by atoms with van der Waals surface area (Å²) in [5.74, 6) is 1.02. The predicted molar refractivity (Wildman–Crippen MR) is 54.6 cm³/mol. The molecule has 4 heteroatoms. The van der Waals surface area contributed by atoms with Gasteiger partial charge in [0.1, 0.15) is 12.6 Å². The van der Waals surface area contributed by atoms with Gasteiger partial charge in [0.2, 0.25) is 0 Å². The quantitative estimate of drug-likeness (QED) is 0.524. The lowest BCUT2D eigenvalue weighted by Crippen LogP contribution is -2.00. The maximum Gasteiger partial charge on any atom is 0.161 e. The zero-order valence-corrected chi connectivity index (χ0v) is 8.43. The maximum absolute atomic E-state index is 10.5. The Labute approximate surface area is 87.8 Å². The lowest BCUT2D eigenvalue weighted by molar-refractivity contribution is -0.108. The average Bonchev–Trinajstić information content (AvgIpc) is 2.29. The number of benzene rings is 1. The molecule has 1 rings (SSSR count). The lowest BCUT2D eigenvalue weighted by Gasteiger charge is -2.09. The van der Waals surface area contributed by atoms with Gasteiger partial charge < -0.3 is 14.3 Å². The highest BCUT2D eigenvalue weighted by Crippen LogP contribution is 2.27. The maximum atomic E-state index is 10.5. The Balaban J connectivity index is 2.80. The molecule has 0 saturated carbocycles. The molecular formula is C11H12O4. The molecule has 0 aromatic heterocycles. The third-order valence-electron chi connectivity index (χ3n) is 1.82. The minimum absolute atomic E-state index is 0.280. The van der Waals surface area contributed by atoms with Crippen LogP contribution in [0.1, 0.15) is 16.8 Å². The molecule has 4 nitrogen and oxygen atoms in total. The third kappa shape index (κ3) is 3.09. The molecule has 0 radical (unpaired) electrons. The van der Waals surface area contributed by atoms with Crippen molar-refractivity contribution in [3.8, 4) is 11.5 Å². The predicted octanol–water partition coefficient (Wildman–Crippen LogP) is 1.48. The van der Waals surface area contributed by atoms with Crippen molar-refractivity contribution in [2.45, 2.75) is 6.42 Å². The fraction of sp³-hybridized carbons (Fsp3) is 0.273. The van der Waals surface area contributed by atoms with Gasteiger partial charge in [-0.15, -0.1) is 0 Å². The minimum Gasteiger partial charge on any atom is -0.493 e. The van der Waals surface area contributed by atoms with E-state index in [2.05, 4.69) is 0 Å². The SMILES string of the molecule is COc1ccc(C=O)cc1OCCC=O. The fourth-order valence-corrected chi connectivity index (χ4v) is 1.10. The van der Waals surface area contributed by atoms with Crippen LogP contribution in [0.2, 0.25) is 0 Å². The molecule has 0 N–H and O–H groups in total. The molecule has 0 aliphatic carbocycles. The molecule has 80 valence electrons. The Bertz CT molecular complexity index is 346. The molecule has 0 spiro atoms. The van der Waals surface area contributed by atoms with Crippen molar-refractivity contribution >= 4 is 12.6 Å². The van der Waals surface area contributed by atoms with Crippen LogP contribution < -0.4 is 9.47 Å². The lowest BCUT2D eigenvalue weighted by atomic mass is 10.2. The number of methoxy groups -OCH3 is 1. The highest BCUT2D eigenvalue weighted by Gasteiger charge is 2.04. The highest BCUT2D eigenvalue weighted by atomic mass is 16.5. The van der Waals surface area contributed by atoms with Crippen LogP contribution in [-0.4, -0.2) is 26.3 Å². The van der Waals surface area contributed by atoms with Gasteiger partial charge >= 0.3 is 0 Å². The summed E-state index contributed by atoms with van der Waals surface area (Å²) in [6.45, 7) is 0.280. The largest absolute Gasteiger partial charge is 0.493 e. The van der Waals surface area contributed by atoms with Crippen LogP contribution in [0.3, 0.4) is 0 Å². The second-order valence-corrected chi connectivity index (χ2v) is 2.83. The number of hydrogen-bond acceptors (Lipinski definition) is 4. The number of ether oxygens (including phenoxy) is 2. The first kappa shape index (κ1) is 11.2. The molecule has 0 atom stereocenters. The van der Waals surface area contributed by atoms with Crippen molar-refractivity contribution < 1.29 is 19.1 Å². The Kier molecular flexibility index (Phi) is 4.34. The van der Waals surface area contributed by atoms with E-state index in [1.807, 2.05) is 0 Å². The van der Waals surface area contributed by atoms with Gasteiger partial charge in [-0.25, -0.2) is 0 Å². The summed E-state index contributed by atoms with van der Waals surface area (Å²) in [7, 11) is 1.52. The van der Waals surface area contributed by atoms with E-state index >= 15 is 0 Å². The summed E-state index contributed by atoms with van der Waals surface area (Å²) in [6.07, 6.45) is 1.82. The van der Waals surface area contributed by atoms with Crippen LogP contribution >= 0.6 is 0 Å². The van der Waals surface area contributed by atoms with E-state index in [1.54, 1.807) is 18.2 Å². The Morgan fingerprint density at radius 1 is 1.27 bits per heavy atom. The van der Waals surface area contributed by atoms with Crippen molar-refractivity contribution in [2.24, 2.45) is 0 Å². The second-order valence-electron chi connectivity index (χ2n) is 2.83. The Hall–Kier alpha value is -1.84. The van der Waals surface area contributed by atoms with Crippen molar-refractivity contribution in [3.63, 3.8) is 0 Å². The molecular weight excluding hydrogens is 196 g/mol. The van der Waals surface area contributed by atoms with Gasteiger partial charge in [-0.2, -0.15) is 0 Å². The van der Waals surface area contributed by atoms with Gasteiger partial charge in [0.15, 0.2) is 11.5 Å². The molecule has 15 heavy (non-hydrogen) atoms. The summed E-state index contributed by atoms with van der Waals surface area (Å²) in [6, 6.07) is 4.87. The zero-order chi connectivity index (χ0) is 11.1. The monoisotopic (exact) mass is 208 g/mol. The van der Waals surface area contributed by atoms with Crippen LogP contribution in [0, 0.1) is 0 Å². The Morgan fingerprint density at radius 2 is 2.07 bits per heavy atom. The number of aldehydes is 2. The van der Waals surface area contributed by atoms with Crippen LogP contribution in [0.25, 0.3) is 0 Å². The van der Waals surface area contributed by atoms with E-state index in [0.29, 0.717) is 23.5 Å².